The highest BCUT2D eigenvalue weighted by molar-refractivity contribution is 5.91. The highest BCUT2D eigenvalue weighted by Gasteiger charge is 2.22. The summed E-state index contributed by atoms with van der Waals surface area (Å²) >= 11 is 0. The van der Waals surface area contributed by atoms with Gasteiger partial charge in [0.25, 0.3) is 0 Å². The maximum absolute atomic E-state index is 12.3. The van der Waals surface area contributed by atoms with E-state index in [2.05, 4.69) is 15.6 Å². The fraction of sp³-hybridized carbons (Fsp3) is 0.238. The van der Waals surface area contributed by atoms with Crippen molar-refractivity contribution in [1.29, 1.82) is 0 Å². The predicted octanol–water partition coefficient (Wildman–Crippen LogP) is 3.24. The van der Waals surface area contributed by atoms with Gasteiger partial charge in [-0.1, -0.05) is 18.2 Å². The quantitative estimate of drug-likeness (QED) is 0.677. The van der Waals surface area contributed by atoms with E-state index in [1.807, 2.05) is 65.4 Å². The first-order valence-corrected chi connectivity index (χ1v) is 9.05. The van der Waals surface area contributed by atoms with E-state index in [1.165, 1.54) is 0 Å². The molecular formula is C21H22N4O2. The zero-order valence-corrected chi connectivity index (χ0v) is 15.2. The van der Waals surface area contributed by atoms with Crippen LogP contribution >= 0.6 is 0 Å². The normalized spacial score (nSPS) is 13.4. The molecule has 3 aromatic rings. The molecule has 0 bridgehead atoms. The lowest BCUT2D eigenvalue weighted by molar-refractivity contribution is -0.115. The van der Waals surface area contributed by atoms with Gasteiger partial charge in [0, 0.05) is 23.5 Å². The summed E-state index contributed by atoms with van der Waals surface area (Å²) in [6.07, 6.45) is 4.22. The summed E-state index contributed by atoms with van der Waals surface area (Å²) in [4.78, 5) is 17.0. The fourth-order valence-electron chi connectivity index (χ4n) is 2.85. The molecule has 4 rings (SSSR count). The lowest BCUT2D eigenvalue weighted by Gasteiger charge is -2.09. The van der Waals surface area contributed by atoms with Crippen LogP contribution in [0.25, 0.3) is 16.9 Å². The van der Waals surface area contributed by atoms with Crippen LogP contribution < -0.4 is 15.4 Å². The third kappa shape index (κ3) is 4.17. The van der Waals surface area contributed by atoms with Gasteiger partial charge < -0.3 is 10.1 Å². The van der Waals surface area contributed by atoms with Crippen LogP contribution in [0.4, 0.5) is 5.95 Å². The Labute approximate surface area is 158 Å². The Morgan fingerprint density at radius 2 is 1.89 bits per heavy atom. The monoisotopic (exact) mass is 362 g/mol. The zero-order valence-electron chi connectivity index (χ0n) is 15.2. The maximum atomic E-state index is 12.3. The second-order valence-electron chi connectivity index (χ2n) is 6.59. The molecule has 2 N–H and O–H groups in total. The molecular weight excluding hydrogens is 340 g/mol. The number of nitrogens with zero attached hydrogens (tertiary/aromatic N) is 2. The van der Waals surface area contributed by atoms with Gasteiger partial charge in [0.2, 0.25) is 11.9 Å². The molecule has 1 aromatic heterocycles. The Hall–Kier alpha value is -3.12. The number of carbonyl (C=O) groups is 1. The number of imidazole rings is 1. The molecule has 1 saturated carbocycles. The van der Waals surface area contributed by atoms with Gasteiger partial charge in [0.15, 0.2) is 0 Å². The van der Waals surface area contributed by atoms with Gasteiger partial charge in [-0.3, -0.25) is 14.7 Å². The number of hydrogen-bond donors (Lipinski definition) is 2. The van der Waals surface area contributed by atoms with Gasteiger partial charge in [-0.05, 0) is 49.2 Å². The molecule has 1 aliphatic rings. The topological polar surface area (TPSA) is 68.2 Å². The maximum Gasteiger partial charge on any atom is 0.240 e. The molecule has 1 amide bonds. The summed E-state index contributed by atoms with van der Waals surface area (Å²) < 4.78 is 7.12. The van der Waals surface area contributed by atoms with Gasteiger partial charge in [0.1, 0.15) is 5.75 Å². The molecule has 0 radical (unpaired) electrons. The van der Waals surface area contributed by atoms with Crippen molar-refractivity contribution >= 4 is 11.9 Å². The largest absolute Gasteiger partial charge is 0.497 e. The number of amides is 1. The summed E-state index contributed by atoms with van der Waals surface area (Å²) in [7, 11) is 1.64. The fourth-order valence-corrected chi connectivity index (χ4v) is 2.85. The number of aromatic nitrogens is 2. The van der Waals surface area contributed by atoms with E-state index in [9.17, 15) is 4.79 Å². The molecule has 1 aliphatic carbocycles. The Morgan fingerprint density at radius 1 is 1.15 bits per heavy atom. The van der Waals surface area contributed by atoms with E-state index in [4.69, 9.17) is 4.74 Å². The van der Waals surface area contributed by atoms with Gasteiger partial charge in [-0.15, -0.1) is 0 Å². The number of para-hydroxylation sites is 1. The standard InChI is InChI=1S/C21H22N4O2/c1-27-18-11-7-15(8-12-18)19-14-25(17-5-3-2-4-6-17)21(23-19)24-20(26)13-22-16-9-10-16/h2-8,11-12,14,16,22H,9-10,13H2,1H3,(H,23,24,26). The van der Waals surface area contributed by atoms with Gasteiger partial charge in [-0.2, -0.15) is 0 Å². The number of rotatable bonds is 7. The molecule has 0 saturated heterocycles. The molecule has 0 aliphatic heterocycles. The number of anilines is 1. The molecule has 1 heterocycles. The molecule has 138 valence electrons. The molecule has 0 atom stereocenters. The van der Waals surface area contributed by atoms with Gasteiger partial charge in [0.05, 0.1) is 19.3 Å². The first-order valence-electron chi connectivity index (χ1n) is 9.05. The molecule has 6 heteroatoms. The molecule has 2 aromatic carbocycles. The van der Waals surface area contributed by atoms with Crippen LogP contribution in [0.15, 0.2) is 60.8 Å². The number of hydrogen-bond acceptors (Lipinski definition) is 4. The molecule has 0 spiro atoms. The van der Waals surface area contributed by atoms with Crippen LogP contribution in [0.2, 0.25) is 0 Å². The number of ether oxygens (including phenoxy) is 1. The van der Waals surface area contributed by atoms with E-state index in [0.29, 0.717) is 18.5 Å². The van der Waals surface area contributed by atoms with Crippen molar-refractivity contribution in [2.75, 3.05) is 19.0 Å². The summed E-state index contributed by atoms with van der Waals surface area (Å²) in [5.74, 6) is 1.21. The summed E-state index contributed by atoms with van der Waals surface area (Å²) in [6, 6.07) is 18.0. The minimum Gasteiger partial charge on any atom is -0.497 e. The van der Waals surface area contributed by atoms with E-state index in [0.717, 1.165) is 35.5 Å². The lowest BCUT2D eigenvalue weighted by atomic mass is 10.1. The van der Waals surface area contributed by atoms with Crippen LogP contribution in [0.5, 0.6) is 5.75 Å². The average Bonchev–Trinajstić information content (AvgIpc) is 3.46. The smallest absolute Gasteiger partial charge is 0.240 e. The number of benzene rings is 2. The second kappa shape index (κ2) is 7.63. The van der Waals surface area contributed by atoms with Crippen LogP contribution in [0.3, 0.4) is 0 Å². The minimum absolute atomic E-state index is 0.0917. The molecule has 1 fully saturated rings. The average molecular weight is 362 g/mol. The van der Waals surface area contributed by atoms with E-state index in [-0.39, 0.29) is 5.91 Å². The van der Waals surface area contributed by atoms with Crippen molar-refractivity contribution in [2.24, 2.45) is 0 Å². The first-order chi connectivity index (χ1) is 13.2. The van der Waals surface area contributed by atoms with Gasteiger partial charge in [-0.25, -0.2) is 4.98 Å². The van der Waals surface area contributed by atoms with Crippen molar-refractivity contribution < 1.29 is 9.53 Å². The first kappa shape index (κ1) is 17.3. The summed E-state index contributed by atoms with van der Waals surface area (Å²) in [5, 5.41) is 6.15. The Kier molecular flexibility index (Phi) is 4.89. The minimum atomic E-state index is -0.0917. The number of carbonyl (C=O) groups excluding carboxylic acids is 1. The predicted molar refractivity (Wildman–Crippen MR) is 105 cm³/mol. The van der Waals surface area contributed by atoms with Crippen molar-refractivity contribution in [2.45, 2.75) is 18.9 Å². The van der Waals surface area contributed by atoms with Crippen molar-refractivity contribution in [1.82, 2.24) is 14.9 Å². The van der Waals surface area contributed by atoms with Crippen LogP contribution in [0.1, 0.15) is 12.8 Å². The molecule has 27 heavy (non-hydrogen) atoms. The van der Waals surface area contributed by atoms with Crippen molar-refractivity contribution in [3.05, 3.63) is 60.8 Å². The van der Waals surface area contributed by atoms with Crippen molar-refractivity contribution in [3.8, 4) is 22.7 Å². The summed E-state index contributed by atoms with van der Waals surface area (Å²) in [6.45, 7) is 0.296. The van der Waals surface area contributed by atoms with Crippen LogP contribution in [-0.2, 0) is 4.79 Å². The van der Waals surface area contributed by atoms with Crippen LogP contribution in [-0.4, -0.2) is 35.2 Å². The second-order valence-corrected chi connectivity index (χ2v) is 6.59. The Morgan fingerprint density at radius 3 is 2.56 bits per heavy atom. The highest BCUT2D eigenvalue weighted by Crippen LogP contribution is 2.26. The van der Waals surface area contributed by atoms with Crippen molar-refractivity contribution in [3.63, 3.8) is 0 Å². The molecule has 6 nitrogen and oxygen atoms in total. The van der Waals surface area contributed by atoms with Crippen LogP contribution in [0, 0.1) is 0 Å². The zero-order chi connectivity index (χ0) is 18.6. The number of methoxy groups -OCH3 is 1. The van der Waals surface area contributed by atoms with E-state index >= 15 is 0 Å². The summed E-state index contributed by atoms with van der Waals surface area (Å²) in [5.41, 5.74) is 2.68. The Bertz CT molecular complexity index is 915. The molecule has 0 unspecified atom stereocenters. The SMILES string of the molecule is COc1ccc(-c2cn(-c3ccccc3)c(NC(=O)CNC3CC3)n2)cc1. The third-order valence-electron chi connectivity index (χ3n) is 4.51. The third-order valence-corrected chi connectivity index (χ3v) is 4.51. The Balaban J connectivity index is 1.62. The van der Waals surface area contributed by atoms with E-state index in [1.54, 1.807) is 7.11 Å². The number of nitrogens with one attached hydrogen (secondary N) is 2. The van der Waals surface area contributed by atoms with Gasteiger partial charge >= 0.3 is 0 Å². The highest BCUT2D eigenvalue weighted by atomic mass is 16.5. The lowest BCUT2D eigenvalue weighted by Crippen LogP contribution is -2.30. The van der Waals surface area contributed by atoms with E-state index < -0.39 is 0 Å².